The van der Waals surface area contributed by atoms with Crippen LogP contribution >= 0.6 is 0 Å². The normalized spacial score (nSPS) is 10.4. The van der Waals surface area contributed by atoms with Gasteiger partial charge in [-0.15, -0.1) is 0 Å². The van der Waals surface area contributed by atoms with Crippen molar-refractivity contribution in [3.8, 4) is 5.75 Å². The molecule has 2 aromatic carbocycles. The van der Waals surface area contributed by atoms with Gasteiger partial charge in [-0.25, -0.2) is 0 Å². The van der Waals surface area contributed by atoms with E-state index in [1.54, 1.807) is 0 Å². The van der Waals surface area contributed by atoms with Crippen LogP contribution in [0, 0.1) is 0 Å². The van der Waals surface area contributed by atoms with Crippen molar-refractivity contribution in [2.75, 3.05) is 13.1 Å². The van der Waals surface area contributed by atoms with E-state index in [1.807, 2.05) is 18.2 Å². The van der Waals surface area contributed by atoms with Crippen molar-refractivity contribution in [2.45, 2.75) is 26.4 Å². The van der Waals surface area contributed by atoms with Crippen LogP contribution in [0.15, 0.2) is 54.6 Å². The maximum Gasteiger partial charge on any atom is 0.119 e. The maximum absolute atomic E-state index is 5.77. The average molecular weight is 269 g/mol. The molecule has 0 saturated heterocycles. The molecule has 0 amide bonds. The molecular weight excluding hydrogens is 246 g/mol. The highest BCUT2D eigenvalue weighted by atomic mass is 16.5. The van der Waals surface area contributed by atoms with Gasteiger partial charge in [-0.2, -0.15) is 0 Å². The summed E-state index contributed by atoms with van der Waals surface area (Å²) in [6, 6.07) is 18.6. The molecule has 20 heavy (non-hydrogen) atoms. The summed E-state index contributed by atoms with van der Waals surface area (Å²) in [5, 5.41) is 3.41. The van der Waals surface area contributed by atoms with Crippen LogP contribution in [-0.2, 0) is 13.0 Å². The molecule has 0 unspecified atom stereocenters. The Morgan fingerprint density at radius 1 is 0.850 bits per heavy atom. The number of hydrogen-bond donors (Lipinski definition) is 1. The Kier molecular flexibility index (Phi) is 6.12. The SMILES string of the molecule is CCCNCCc1ccc(OCc2ccccc2)cc1. The molecule has 2 rings (SSSR count). The van der Waals surface area contributed by atoms with Gasteiger partial charge in [0.2, 0.25) is 0 Å². The smallest absolute Gasteiger partial charge is 0.119 e. The summed E-state index contributed by atoms with van der Waals surface area (Å²) in [4.78, 5) is 0. The minimum atomic E-state index is 0.623. The molecule has 0 aromatic heterocycles. The highest BCUT2D eigenvalue weighted by Crippen LogP contribution is 2.14. The second kappa shape index (κ2) is 8.39. The van der Waals surface area contributed by atoms with Crippen molar-refractivity contribution < 1.29 is 4.74 Å². The third-order valence-corrected chi connectivity index (χ3v) is 3.19. The fourth-order valence-corrected chi connectivity index (χ4v) is 2.03. The maximum atomic E-state index is 5.77. The summed E-state index contributed by atoms with van der Waals surface area (Å²) in [7, 11) is 0. The molecule has 2 heteroatoms. The summed E-state index contributed by atoms with van der Waals surface area (Å²) in [5.41, 5.74) is 2.54. The zero-order valence-electron chi connectivity index (χ0n) is 12.1. The first-order valence-corrected chi connectivity index (χ1v) is 7.35. The first-order chi connectivity index (χ1) is 9.88. The number of ether oxygens (including phenoxy) is 1. The van der Waals surface area contributed by atoms with Crippen molar-refractivity contribution in [1.82, 2.24) is 5.32 Å². The highest BCUT2D eigenvalue weighted by molar-refractivity contribution is 5.28. The Balaban J connectivity index is 1.76. The van der Waals surface area contributed by atoms with Crippen molar-refractivity contribution >= 4 is 0 Å². The molecule has 0 heterocycles. The summed E-state index contributed by atoms with van der Waals surface area (Å²) < 4.78 is 5.77. The van der Waals surface area contributed by atoms with Crippen molar-refractivity contribution in [2.24, 2.45) is 0 Å². The average Bonchev–Trinajstić information content (AvgIpc) is 2.52. The Bertz CT molecular complexity index is 479. The van der Waals surface area contributed by atoms with Gasteiger partial charge in [-0.05, 0) is 49.2 Å². The monoisotopic (exact) mass is 269 g/mol. The van der Waals surface area contributed by atoms with E-state index in [1.165, 1.54) is 17.5 Å². The van der Waals surface area contributed by atoms with Crippen LogP contribution in [0.1, 0.15) is 24.5 Å². The molecule has 0 bridgehead atoms. The molecule has 106 valence electrons. The molecule has 0 saturated carbocycles. The van der Waals surface area contributed by atoms with Crippen LogP contribution < -0.4 is 10.1 Å². The molecule has 0 aliphatic carbocycles. The molecule has 0 aliphatic rings. The summed E-state index contributed by atoms with van der Waals surface area (Å²) >= 11 is 0. The molecule has 0 aliphatic heterocycles. The van der Waals surface area contributed by atoms with Gasteiger partial charge < -0.3 is 10.1 Å². The molecule has 2 nitrogen and oxygen atoms in total. The predicted octanol–water partition coefficient (Wildman–Crippen LogP) is 3.81. The van der Waals surface area contributed by atoms with Gasteiger partial charge in [0, 0.05) is 0 Å². The van der Waals surface area contributed by atoms with Gasteiger partial charge >= 0.3 is 0 Å². The van der Waals surface area contributed by atoms with Crippen LogP contribution in [0.5, 0.6) is 5.75 Å². The third-order valence-electron chi connectivity index (χ3n) is 3.19. The summed E-state index contributed by atoms with van der Waals surface area (Å²) in [5.74, 6) is 0.930. The van der Waals surface area contributed by atoms with E-state index in [4.69, 9.17) is 4.74 Å². The fraction of sp³-hybridized carbons (Fsp3) is 0.333. The fourth-order valence-electron chi connectivity index (χ4n) is 2.03. The van der Waals surface area contributed by atoms with E-state index in [0.717, 1.165) is 25.3 Å². The topological polar surface area (TPSA) is 21.3 Å². The van der Waals surface area contributed by atoms with Gasteiger partial charge in [0.15, 0.2) is 0 Å². The number of hydrogen-bond acceptors (Lipinski definition) is 2. The Morgan fingerprint density at radius 3 is 2.30 bits per heavy atom. The van der Waals surface area contributed by atoms with E-state index in [9.17, 15) is 0 Å². The largest absolute Gasteiger partial charge is 0.489 e. The van der Waals surface area contributed by atoms with E-state index >= 15 is 0 Å². The molecule has 2 aromatic rings. The van der Waals surface area contributed by atoms with E-state index in [-0.39, 0.29) is 0 Å². The molecule has 1 N–H and O–H groups in total. The van der Waals surface area contributed by atoms with Crippen molar-refractivity contribution in [1.29, 1.82) is 0 Å². The van der Waals surface area contributed by atoms with Crippen molar-refractivity contribution in [3.05, 3.63) is 65.7 Å². The lowest BCUT2D eigenvalue weighted by Gasteiger charge is -2.08. The Labute approximate surface area is 121 Å². The minimum absolute atomic E-state index is 0.623. The van der Waals surface area contributed by atoms with Gasteiger partial charge in [-0.1, -0.05) is 49.4 Å². The minimum Gasteiger partial charge on any atom is -0.489 e. The first kappa shape index (κ1) is 14.6. The highest BCUT2D eigenvalue weighted by Gasteiger charge is 1.97. The van der Waals surface area contributed by atoms with Crippen molar-refractivity contribution in [3.63, 3.8) is 0 Å². The Morgan fingerprint density at radius 2 is 1.60 bits per heavy atom. The molecule has 0 radical (unpaired) electrons. The lowest BCUT2D eigenvalue weighted by Crippen LogP contribution is -2.17. The second-order valence-corrected chi connectivity index (χ2v) is 4.92. The number of nitrogens with one attached hydrogen (secondary N) is 1. The lowest BCUT2D eigenvalue weighted by molar-refractivity contribution is 0.306. The number of benzene rings is 2. The van der Waals surface area contributed by atoms with Gasteiger partial charge in [0.25, 0.3) is 0 Å². The van der Waals surface area contributed by atoms with E-state index in [0.29, 0.717) is 6.61 Å². The van der Waals surface area contributed by atoms with Crippen LogP contribution in [0.3, 0.4) is 0 Å². The molecule has 0 atom stereocenters. The van der Waals surface area contributed by atoms with Crippen LogP contribution in [0.25, 0.3) is 0 Å². The number of rotatable bonds is 8. The predicted molar refractivity (Wildman–Crippen MR) is 84.1 cm³/mol. The second-order valence-electron chi connectivity index (χ2n) is 4.92. The van der Waals surface area contributed by atoms with Gasteiger partial charge in [0.1, 0.15) is 12.4 Å². The van der Waals surface area contributed by atoms with Crippen LogP contribution in [0.4, 0.5) is 0 Å². The van der Waals surface area contributed by atoms with Crippen LogP contribution in [0.2, 0.25) is 0 Å². The first-order valence-electron chi connectivity index (χ1n) is 7.35. The van der Waals surface area contributed by atoms with E-state index < -0.39 is 0 Å². The molecule has 0 fully saturated rings. The van der Waals surface area contributed by atoms with Gasteiger partial charge in [-0.3, -0.25) is 0 Å². The lowest BCUT2D eigenvalue weighted by atomic mass is 10.1. The zero-order chi connectivity index (χ0) is 14.0. The molecule has 0 spiro atoms. The summed E-state index contributed by atoms with van der Waals surface area (Å²) in [6.45, 7) is 4.94. The van der Waals surface area contributed by atoms with Crippen LogP contribution in [-0.4, -0.2) is 13.1 Å². The quantitative estimate of drug-likeness (QED) is 0.736. The third kappa shape index (κ3) is 5.06. The van der Waals surface area contributed by atoms with Gasteiger partial charge in [0.05, 0.1) is 0 Å². The zero-order valence-corrected chi connectivity index (χ0v) is 12.1. The Hall–Kier alpha value is -1.80. The standard InChI is InChI=1S/C18H23NO/c1-2-13-19-14-12-16-8-10-18(11-9-16)20-15-17-6-4-3-5-7-17/h3-11,19H,2,12-15H2,1H3. The summed E-state index contributed by atoms with van der Waals surface area (Å²) in [6.07, 6.45) is 2.26. The van der Waals surface area contributed by atoms with E-state index in [2.05, 4.69) is 48.6 Å². The molecular formula is C18H23NO.